The van der Waals surface area contributed by atoms with Crippen molar-refractivity contribution in [3.63, 3.8) is 0 Å². The molecule has 3 amide bonds. The lowest BCUT2D eigenvalue weighted by molar-refractivity contribution is -0.132. The van der Waals surface area contributed by atoms with E-state index in [0.29, 0.717) is 12.8 Å². The molecule has 10 nitrogen and oxygen atoms in total. The molecule has 36 heavy (non-hydrogen) atoms. The number of guanidine groups is 1. The smallest absolute Gasteiger partial charge is 0.370 e. The van der Waals surface area contributed by atoms with Crippen LogP contribution in [0.1, 0.15) is 38.7 Å². The maximum atomic E-state index is 13.0. The van der Waals surface area contributed by atoms with Crippen LogP contribution in [0, 0.1) is 5.92 Å². The summed E-state index contributed by atoms with van der Waals surface area (Å²) in [5, 5.41) is 7.79. The summed E-state index contributed by atoms with van der Waals surface area (Å²) in [6.45, 7) is 2.39. The van der Waals surface area contributed by atoms with Gasteiger partial charge in [0.15, 0.2) is 5.96 Å². The van der Waals surface area contributed by atoms with Gasteiger partial charge in [0.2, 0.25) is 17.7 Å². The second-order valence-electron chi connectivity index (χ2n) is 8.52. The maximum Gasteiger partial charge on any atom is 0.408 e. The molecule has 0 aromatic heterocycles. The number of halogens is 3. The summed E-state index contributed by atoms with van der Waals surface area (Å²) in [7, 11) is 0. The Morgan fingerprint density at radius 1 is 1.06 bits per heavy atom. The highest BCUT2D eigenvalue weighted by Crippen LogP contribution is 2.14. The molecule has 9 N–H and O–H groups in total. The first-order valence-corrected chi connectivity index (χ1v) is 11.6. The molecular formula is C23H36F3N7O3. The highest BCUT2D eigenvalue weighted by Gasteiger charge is 2.30. The van der Waals surface area contributed by atoms with Crippen molar-refractivity contribution in [1.29, 1.82) is 0 Å². The summed E-state index contributed by atoms with van der Waals surface area (Å²) in [6.07, 6.45) is -3.20. The fourth-order valence-electron chi connectivity index (χ4n) is 3.20. The lowest BCUT2D eigenvalue weighted by Crippen LogP contribution is -2.57. The van der Waals surface area contributed by atoms with Gasteiger partial charge in [0.25, 0.3) is 0 Å². The molecule has 0 saturated carbocycles. The average molecular weight is 516 g/mol. The molecule has 202 valence electrons. The molecule has 1 rings (SSSR count). The molecule has 1 aromatic carbocycles. The number of benzene rings is 1. The third-order valence-corrected chi connectivity index (χ3v) is 5.50. The van der Waals surface area contributed by atoms with Gasteiger partial charge in [0, 0.05) is 13.0 Å². The van der Waals surface area contributed by atoms with Crippen molar-refractivity contribution < 1.29 is 27.6 Å². The Kier molecular flexibility index (Phi) is 12.7. The van der Waals surface area contributed by atoms with Crippen LogP contribution in [-0.4, -0.2) is 61.1 Å². The van der Waals surface area contributed by atoms with Crippen LogP contribution in [0.4, 0.5) is 13.2 Å². The molecule has 0 fully saturated rings. The Labute approximate surface area is 208 Å². The quantitative estimate of drug-likeness (QED) is 0.118. The predicted octanol–water partition coefficient (Wildman–Crippen LogP) is 0.304. The van der Waals surface area contributed by atoms with Crippen LogP contribution in [0.3, 0.4) is 0 Å². The van der Waals surface area contributed by atoms with Gasteiger partial charge in [0.05, 0.1) is 6.04 Å². The van der Waals surface area contributed by atoms with Crippen LogP contribution in [0.5, 0.6) is 0 Å². The molecule has 0 bridgehead atoms. The number of rotatable bonds is 14. The van der Waals surface area contributed by atoms with Crippen molar-refractivity contribution in [2.24, 2.45) is 28.1 Å². The average Bonchev–Trinajstić information content (AvgIpc) is 2.82. The lowest BCUT2D eigenvalue weighted by atomic mass is 9.96. The Morgan fingerprint density at radius 3 is 2.25 bits per heavy atom. The summed E-state index contributed by atoms with van der Waals surface area (Å²) in [5.41, 5.74) is 17.6. The van der Waals surface area contributed by atoms with Crippen LogP contribution < -0.4 is 33.2 Å². The summed E-state index contributed by atoms with van der Waals surface area (Å²) < 4.78 is 36.4. The highest BCUT2D eigenvalue weighted by atomic mass is 19.4. The topological polar surface area (TPSA) is 178 Å². The van der Waals surface area contributed by atoms with Crippen molar-refractivity contribution in [3.8, 4) is 0 Å². The van der Waals surface area contributed by atoms with Crippen LogP contribution in [0.15, 0.2) is 35.3 Å². The van der Waals surface area contributed by atoms with E-state index in [2.05, 4.69) is 20.9 Å². The zero-order chi connectivity index (χ0) is 27.3. The zero-order valence-electron chi connectivity index (χ0n) is 20.5. The first kappa shape index (κ1) is 30.7. The van der Waals surface area contributed by atoms with E-state index in [9.17, 15) is 27.6 Å². The van der Waals surface area contributed by atoms with Gasteiger partial charge in [0.1, 0.15) is 18.6 Å². The van der Waals surface area contributed by atoms with Crippen LogP contribution in [-0.2, 0) is 20.8 Å². The minimum atomic E-state index is -4.45. The highest BCUT2D eigenvalue weighted by molar-refractivity contribution is 5.93. The summed E-state index contributed by atoms with van der Waals surface area (Å²) in [5.74, 6) is -2.47. The maximum absolute atomic E-state index is 13.0. The number of nitrogens with one attached hydrogen (secondary N) is 3. The van der Waals surface area contributed by atoms with E-state index >= 15 is 0 Å². The van der Waals surface area contributed by atoms with E-state index < -0.39 is 48.6 Å². The number of alkyl halides is 3. The minimum absolute atomic E-state index is 0.156. The van der Waals surface area contributed by atoms with E-state index in [1.807, 2.05) is 13.0 Å². The van der Waals surface area contributed by atoms with Crippen molar-refractivity contribution in [3.05, 3.63) is 35.9 Å². The Hall–Kier alpha value is -3.35. The fraction of sp³-hybridized carbons (Fsp3) is 0.565. The number of hydrogen-bond acceptors (Lipinski definition) is 5. The zero-order valence-corrected chi connectivity index (χ0v) is 20.5. The summed E-state index contributed by atoms with van der Waals surface area (Å²) in [4.78, 5) is 40.7. The number of nitrogens with zero attached hydrogens (tertiary/aromatic N) is 1. The standard InChI is InChI=1S/C23H36F3N7O3/c1-3-14(2)18(21(36)32-17(19(28)34)12-15-8-5-4-6-9-15)33-20(35)16(27)10-7-11-30-22(29)31-13-23(24,25)26/h4-6,8-9,14,16-18H,3,7,10-13,27H2,1-2H3,(H2,28,34)(H,32,36)(H,33,35)(H3,29,30,31)/t14-,16-,17-,18-/m0/s1. The van der Waals surface area contributed by atoms with Crippen LogP contribution in [0.25, 0.3) is 0 Å². The summed E-state index contributed by atoms with van der Waals surface area (Å²) >= 11 is 0. The van der Waals surface area contributed by atoms with Gasteiger partial charge >= 0.3 is 6.18 Å². The number of hydrogen-bond donors (Lipinski definition) is 6. The number of primary amides is 1. The lowest BCUT2D eigenvalue weighted by Gasteiger charge is -2.27. The van der Waals surface area contributed by atoms with Gasteiger partial charge in [-0.3, -0.25) is 14.4 Å². The fourth-order valence-corrected chi connectivity index (χ4v) is 3.20. The number of carbonyl (C=O) groups excluding carboxylic acids is 3. The number of amides is 3. The predicted molar refractivity (Wildman–Crippen MR) is 130 cm³/mol. The third-order valence-electron chi connectivity index (χ3n) is 5.50. The molecule has 4 atom stereocenters. The normalized spacial score (nSPS) is 15.3. The largest absolute Gasteiger partial charge is 0.408 e. The van der Waals surface area contributed by atoms with Gasteiger partial charge in [-0.25, -0.2) is 4.99 Å². The number of nitrogens with two attached hydrogens (primary N) is 3. The van der Waals surface area contributed by atoms with E-state index in [4.69, 9.17) is 17.2 Å². The molecule has 0 spiro atoms. The van der Waals surface area contributed by atoms with Crippen molar-refractivity contribution in [2.45, 2.75) is 63.8 Å². The van der Waals surface area contributed by atoms with Gasteiger partial charge < -0.3 is 33.2 Å². The third kappa shape index (κ3) is 11.9. The molecule has 0 aliphatic carbocycles. The second kappa shape index (κ2) is 14.9. The Balaban J connectivity index is 2.66. The number of carbonyl (C=O) groups is 3. The van der Waals surface area contributed by atoms with Crippen molar-refractivity contribution in [2.75, 3.05) is 13.1 Å². The SMILES string of the molecule is CC[C@H](C)[C@H](NC(=O)[C@@H](N)CCCNC(N)=NCC(F)(F)F)C(=O)N[C@@H](Cc1ccccc1)C(N)=O. The van der Waals surface area contributed by atoms with Gasteiger partial charge in [-0.15, -0.1) is 0 Å². The Morgan fingerprint density at radius 2 is 1.69 bits per heavy atom. The van der Waals surface area contributed by atoms with Gasteiger partial charge in [-0.05, 0) is 24.3 Å². The summed E-state index contributed by atoms with van der Waals surface area (Å²) in [6, 6.07) is 6.15. The first-order chi connectivity index (χ1) is 16.8. The van der Waals surface area contributed by atoms with Crippen molar-refractivity contribution >= 4 is 23.7 Å². The van der Waals surface area contributed by atoms with E-state index in [0.717, 1.165) is 5.56 Å². The molecule has 0 aliphatic heterocycles. The van der Waals surface area contributed by atoms with Gasteiger partial charge in [-0.1, -0.05) is 50.6 Å². The first-order valence-electron chi connectivity index (χ1n) is 11.6. The minimum Gasteiger partial charge on any atom is -0.370 e. The Bertz CT molecular complexity index is 881. The molecule has 13 heteroatoms. The van der Waals surface area contributed by atoms with E-state index in [-0.39, 0.29) is 31.3 Å². The van der Waals surface area contributed by atoms with Crippen molar-refractivity contribution in [1.82, 2.24) is 16.0 Å². The number of aliphatic imine (C=N–C) groups is 1. The van der Waals surface area contributed by atoms with E-state index in [1.165, 1.54) is 0 Å². The van der Waals surface area contributed by atoms with Gasteiger partial charge in [-0.2, -0.15) is 13.2 Å². The second-order valence-corrected chi connectivity index (χ2v) is 8.52. The van der Waals surface area contributed by atoms with Crippen LogP contribution in [0.2, 0.25) is 0 Å². The molecule has 0 unspecified atom stereocenters. The molecule has 1 aromatic rings. The van der Waals surface area contributed by atoms with E-state index in [1.54, 1.807) is 31.2 Å². The monoisotopic (exact) mass is 515 g/mol. The molecule has 0 radical (unpaired) electrons. The molecule has 0 aliphatic rings. The van der Waals surface area contributed by atoms with Crippen LogP contribution >= 0.6 is 0 Å². The molecular weight excluding hydrogens is 479 g/mol. The molecule has 0 heterocycles. The molecule has 0 saturated heterocycles.